The van der Waals surface area contributed by atoms with Crippen LogP contribution in [-0.2, 0) is 4.79 Å². The molecule has 0 aliphatic carbocycles. The van der Waals surface area contributed by atoms with Gasteiger partial charge in [0.2, 0.25) is 5.91 Å². The van der Waals surface area contributed by atoms with E-state index in [1.165, 1.54) is 6.20 Å². The second kappa shape index (κ2) is 6.31. The van der Waals surface area contributed by atoms with Crippen molar-refractivity contribution in [3.63, 3.8) is 0 Å². The van der Waals surface area contributed by atoms with E-state index in [4.69, 9.17) is 17.3 Å². The highest BCUT2D eigenvalue weighted by Gasteiger charge is 2.19. The molecule has 1 aromatic heterocycles. The highest BCUT2D eigenvalue weighted by atomic mass is 35.5. The first-order valence-corrected chi connectivity index (χ1v) is 6.25. The maximum absolute atomic E-state index is 12.2. The number of nitrogens with two attached hydrogens (primary N) is 1. The molecular formula is C14H14ClN3O. The zero-order chi connectivity index (χ0) is 13.7. The molecule has 0 aliphatic rings. The predicted octanol–water partition coefficient (Wildman–Crippen LogP) is 2.42. The summed E-state index contributed by atoms with van der Waals surface area (Å²) in [7, 11) is 0. The van der Waals surface area contributed by atoms with Crippen molar-refractivity contribution in [2.24, 2.45) is 5.73 Å². The van der Waals surface area contributed by atoms with Crippen LogP contribution in [-0.4, -0.2) is 17.4 Å². The van der Waals surface area contributed by atoms with E-state index >= 15 is 0 Å². The number of amides is 1. The fourth-order valence-electron chi connectivity index (χ4n) is 1.77. The predicted molar refractivity (Wildman–Crippen MR) is 76.1 cm³/mol. The number of hydrogen-bond donors (Lipinski definition) is 2. The van der Waals surface area contributed by atoms with Gasteiger partial charge in [0.05, 0.1) is 22.8 Å². The fourth-order valence-corrected chi connectivity index (χ4v) is 1.92. The summed E-state index contributed by atoms with van der Waals surface area (Å²) < 4.78 is 0. The Morgan fingerprint density at radius 3 is 2.68 bits per heavy atom. The van der Waals surface area contributed by atoms with Crippen LogP contribution in [0.25, 0.3) is 0 Å². The van der Waals surface area contributed by atoms with E-state index in [1.807, 2.05) is 30.3 Å². The van der Waals surface area contributed by atoms with Crippen molar-refractivity contribution in [1.82, 2.24) is 4.98 Å². The van der Waals surface area contributed by atoms with Gasteiger partial charge < -0.3 is 11.1 Å². The lowest BCUT2D eigenvalue weighted by Crippen LogP contribution is -2.27. The molecule has 2 aromatic rings. The third-order valence-corrected chi connectivity index (χ3v) is 3.11. The molecule has 0 radical (unpaired) electrons. The lowest BCUT2D eigenvalue weighted by atomic mass is 9.98. The van der Waals surface area contributed by atoms with Crippen LogP contribution in [0.15, 0.2) is 48.8 Å². The van der Waals surface area contributed by atoms with Crippen molar-refractivity contribution in [3.8, 4) is 0 Å². The maximum atomic E-state index is 12.2. The molecule has 1 heterocycles. The third-order valence-electron chi connectivity index (χ3n) is 2.78. The van der Waals surface area contributed by atoms with Gasteiger partial charge in [0.1, 0.15) is 0 Å². The second-order valence-corrected chi connectivity index (χ2v) is 4.45. The van der Waals surface area contributed by atoms with Crippen LogP contribution in [0.1, 0.15) is 11.5 Å². The van der Waals surface area contributed by atoms with Crippen LogP contribution in [0.5, 0.6) is 0 Å². The summed E-state index contributed by atoms with van der Waals surface area (Å²) in [4.78, 5) is 16.1. The van der Waals surface area contributed by atoms with Gasteiger partial charge in [-0.1, -0.05) is 41.9 Å². The van der Waals surface area contributed by atoms with E-state index in [2.05, 4.69) is 10.3 Å². The molecule has 2 rings (SSSR count). The standard InChI is InChI=1S/C14H14ClN3O/c15-12-6-7-17-9-13(12)18-14(19)11(8-16)10-4-2-1-3-5-10/h1-7,9,11H,8,16H2,(H,18,19). The minimum Gasteiger partial charge on any atom is -0.329 e. The van der Waals surface area contributed by atoms with Crippen molar-refractivity contribution in [3.05, 3.63) is 59.4 Å². The monoisotopic (exact) mass is 275 g/mol. The summed E-state index contributed by atoms with van der Waals surface area (Å²) in [5.74, 6) is -0.596. The largest absolute Gasteiger partial charge is 0.329 e. The van der Waals surface area contributed by atoms with E-state index in [1.54, 1.807) is 12.3 Å². The zero-order valence-electron chi connectivity index (χ0n) is 10.2. The van der Waals surface area contributed by atoms with E-state index in [9.17, 15) is 4.79 Å². The normalized spacial score (nSPS) is 11.9. The first-order valence-electron chi connectivity index (χ1n) is 5.87. The molecule has 1 atom stereocenters. The summed E-state index contributed by atoms with van der Waals surface area (Å²) in [6.07, 6.45) is 3.08. The molecule has 4 nitrogen and oxygen atoms in total. The molecule has 0 saturated heterocycles. The molecule has 1 unspecified atom stereocenters. The highest BCUT2D eigenvalue weighted by molar-refractivity contribution is 6.33. The number of hydrogen-bond acceptors (Lipinski definition) is 3. The molecule has 1 amide bonds. The zero-order valence-corrected chi connectivity index (χ0v) is 11.0. The van der Waals surface area contributed by atoms with Crippen molar-refractivity contribution < 1.29 is 4.79 Å². The molecular weight excluding hydrogens is 262 g/mol. The highest BCUT2D eigenvalue weighted by Crippen LogP contribution is 2.22. The van der Waals surface area contributed by atoms with Gasteiger partial charge in [-0.25, -0.2) is 0 Å². The Bertz CT molecular complexity index is 560. The molecule has 1 aromatic carbocycles. The van der Waals surface area contributed by atoms with Gasteiger partial charge in [0.25, 0.3) is 0 Å². The van der Waals surface area contributed by atoms with E-state index < -0.39 is 5.92 Å². The molecule has 0 fully saturated rings. The van der Waals surface area contributed by atoms with Crippen molar-refractivity contribution in [2.45, 2.75) is 5.92 Å². The summed E-state index contributed by atoms with van der Waals surface area (Å²) in [5, 5.41) is 3.20. The average molecular weight is 276 g/mol. The van der Waals surface area contributed by atoms with Gasteiger partial charge in [0.15, 0.2) is 0 Å². The number of halogens is 1. The Labute approximate surface area is 116 Å². The summed E-state index contributed by atoms with van der Waals surface area (Å²) in [6, 6.07) is 11.0. The average Bonchev–Trinajstić information content (AvgIpc) is 2.43. The quantitative estimate of drug-likeness (QED) is 0.900. The fraction of sp³-hybridized carbons (Fsp3) is 0.143. The Morgan fingerprint density at radius 1 is 1.32 bits per heavy atom. The topological polar surface area (TPSA) is 68.0 Å². The number of pyridine rings is 1. The molecule has 98 valence electrons. The Hall–Kier alpha value is -1.91. The van der Waals surface area contributed by atoms with Crippen molar-refractivity contribution >= 4 is 23.2 Å². The van der Waals surface area contributed by atoms with Crippen LogP contribution in [0, 0.1) is 0 Å². The Morgan fingerprint density at radius 2 is 2.05 bits per heavy atom. The number of carbonyl (C=O) groups is 1. The van der Waals surface area contributed by atoms with Gasteiger partial charge in [-0.15, -0.1) is 0 Å². The third kappa shape index (κ3) is 3.30. The Kier molecular flexibility index (Phi) is 4.49. The van der Waals surface area contributed by atoms with Crippen LogP contribution in [0.4, 0.5) is 5.69 Å². The van der Waals surface area contributed by atoms with Crippen LogP contribution in [0.3, 0.4) is 0 Å². The number of aromatic nitrogens is 1. The number of anilines is 1. The lowest BCUT2D eigenvalue weighted by molar-refractivity contribution is -0.117. The molecule has 0 spiro atoms. The molecule has 0 aliphatic heterocycles. The van der Waals surface area contributed by atoms with Gasteiger partial charge in [0, 0.05) is 12.7 Å². The summed E-state index contributed by atoms with van der Waals surface area (Å²) in [6.45, 7) is 0.230. The second-order valence-electron chi connectivity index (χ2n) is 4.04. The number of nitrogens with zero attached hydrogens (tertiary/aromatic N) is 1. The van der Waals surface area contributed by atoms with Crippen molar-refractivity contribution in [1.29, 1.82) is 0 Å². The summed E-state index contributed by atoms with van der Waals surface area (Å²) >= 11 is 5.98. The molecule has 3 N–H and O–H groups in total. The van der Waals surface area contributed by atoms with Gasteiger partial charge in [-0.2, -0.15) is 0 Å². The van der Waals surface area contributed by atoms with Crippen LogP contribution >= 0.6 is 11.6 Å². The number of carbonyl (C=O) groups excluding carboxylic acids is 1. The summed E-state index contributed by atoms with van der Waals surface area (Å²) in [5.41, 5.74) is 7.05. The van der Waals surface area contributed by atoms with Crippen LogP contribution < -0.4 is 11.1 Å². The maximum Gasteiger partial charge on any atom is 0.233 e. The van der Waals surface area contributed by atoms with Gasteiger partial charge >= 0.3 is 0 Å². The first kappa shape index (κ1) is 13.5. The SMILES string of the molecule is NCC(C(=O)Nc1cnccc1Cl)c1ccccc1. The first-order chi connectivity index (χ1) is 9.22. The van der Waals surface area contributed by atoms with Crippen molar-refractivity contribution in [2.75, 3.05) is 11.9 Å². The van der Waals surface area contributed by atoms with Crippen LogP contribution in [0.2, 0.25) is 5.02 Å². The molecule has 0 bridgehead atoms. The van der Waals surface area contributed by atoms with Gasteiger partial charge in [-0.3, -0.25) is 9.78 Å². The molecule has 19 heavy (non-hydrogen) atoms. The minimum absolute atomic E-state index is 0.191. The van der Waals surface area contributed by atoms with E-state index in [-0.39, 0.29) is 12.5 Å². The van der Waals surface area contributed by atoms with E-state index in [0.29, 0.717) is 10.7 Å². The smallest absolute Gasteiger partial charge is 0.233 e. The molecule has 5 heteroatoms. The number of benzene rings is 1. The Balaban J connectivity index is 2.17. The molecule has 0 saturated carbocycles. The van der Waals surface area contributed by atoms with Gasteiger partial charge in [-0.05, 0) is 11.6 Å². The number of nitrogens with one attached hydrogen (secondary N) is 1. The number of rotatable bonds is 4. The minimum atomic E-state index is -0.405. The lowest BCUT2D eigenvalue weighted by Gasteiger charge is -2.15. The van der Waals surface area contributed by atoms with E-state index in [0.717, 1.165) is 5.56 Å².